The van der Waals surface area contributed by atoms with E-state index in [0.29, 0.717) is 0 Å². The summed E-state index contributed by atoms with van der Waals surface area (Å²) in [7, 11) is -7.46. The van der Waals surface area contributed by atoms with Crippen LogP contribution in [-0.4, -0.2) is 28.5 Å². The van der Waals surface area contributed by atoms with Crippen LogP contribution in [0.3, 0.4) is 0 Å². The molecule has 0 fully saturated rings. The molecule has 31 heavy (non-hydrogen) atoms. The van der Waals surface area contributed by atoms with Gasteiger partial charge in [-0.25, -0.2) is 16.8 Å². The first-order valence-electron chi connectivity index (χ1n) is 9.43. The molecule has 2 N–H and O–H groups in total. The van der Waals surface area contributed by atoms with E-state index in [1.807, 2.05) is 6.92 Å². The maximum Gasteiger partial charge on any atom is 0.261 e. The molecule has 0 unspecified atom stereocenters. The van der Waals surface area contributed by atoms with Crippen LogP contribution < -0.4 is 10.0 Å². The molecule has 7 nitrogen and oxygen atoms in total. The van der Waals surface area contributed by atoms with Gasteiger partial charge in [0.2, 0.25) is 5.91 Å². The third-order valence-corrected chi connectivity index (χ3v) is 7.59. The molecule has 3 aromatic rings. The molecule has 0 heterocycles. The minimum atomic E-state index is -3.84. The van der Waals surface area contributed by atoms with Crippen molar-refractivity contribution in [2.24, 2.45) is 0 Å². The average Bonchev–Trinajstić information content (AvgIpc) is 2.75. The highest BCUT2D eigenvalue weighted by molar-refractivity contribution is 7.92. The monoisotopic (exact) mass is 458 g/mol. The Morgan fingerprint density at radius 3 is 1.97 bits per heavy atom. The SMILES string of the molecule is Cc1ccc(S(=O)(=O)CCC(=O)Nc2ccccc2NS(=O)(=O)c2ccccc2)cc1. The fraction of sp³-hybridized carbons (Fsp3) is 0.136. The van der Waals surface area contributed by atoms with Crippen LogP contribution in [0.1, 0.15) is 12.0 Å². The van der Waals surface area contributed by atoms with E-state index in [0.717, 1.165) is 5.56 Å². The van der Waals surface area contributed by atoms with Crippen LogP contribution in [0.2, 0.25) is 0 Å². The summed E-state index contributed by atoms with van der Waals surface area (Å²) in [5.74, 6) is -0.901. The number of aryl methyl sites for hydroxylation is 1. The number of carbonyl (C=O) groups excluding carboxylic acids is 1. The Kier molecular flexibility index (Phi) is 6.77. The van der Waals surface area contributed by atoms with Gasteiger partial charge in [-0.05, 0) is 43.3 Å². The third kappa shape index (κ3) is 5.93. The third-order valence-electron chi connectivity index (χ3n) is 4.48. The predicted molar refractivity (Wildman–Crippen MR) is 120 cm³/mol. The highest BCUT2D eigenvalue weighted by Crippen LogP contribution is 2.25. The molecular formula is C22H22N2O5S2. The summed E-state index contributed by atoms with van der Waals surface area (Å²) < 4.78 is 52.5. The standard InChI is InChI=1S/C22H22N2O5S2/c1-17-11-13-18(14-12-17)30(26,27)16-15-22(25)23-20-9-5-6-10-21(20)24-31(28,29)19-7-3-2-4-8-19/h2-14,24H,15-16H2,1H3,(H,23,25). The summed E-state index contributed by atoms with van der Waals surface area (Å²) in [4.78, 5) is 12.6. The summed E-state index contributed by atoms with van der Waals surface area (Å²) in [5.41, 5.74) is 1.35. The molecule has 0 saturated heterocycles. The zero-order valence-corrected chi connectivity index (χ0v) is 18.4. The quantitative estimate of drug-likeness (QED) is 0.536. The molecule has 0 bridgehead atoms. The Bertz CT molecular complexity index is 1270. The van der Waals surface area contributed by atoms with Gasteiger partial charge in [0, 0.05) is 6.42 Å². The zero-order chi connectivity index (χ0) is 22.5. The van der Waals surface area contributed by atoms with Crippen molar-refractivity contribution < 1.29 is 21.6 Å². The molecule has 0 saturated carbocycles. The molecule has 3 aromatic carbocycles. The second-order valence-corrected chi connectivity index (χ2v) is 10.7. The van der Waals surface area contributed by atoms with Crippen LogP contribution in [0.15, 0.2) is 88.7 Å². The van der Waals surface area contributed by atoms with Crippen molar-refractivity contribution in [2.75, 3.05) is 15.8 Å². The summed E-state index contributed by atoms with van der Waals surface area (Å²) in [6.07, 6.45) is -0.268. The Labute approximate surface area is 182 Å². The molecule has 0 spiro atoms. The Morgan fingerprint density at radius 2 is 1.32 bits per heavy atom. The lowest BCUT2D eigenvalue weighted by molar-refractivity contribution is -0.115. The van der Waals surface area contributed by atoms with Gasteiger partial charge >= 0.3 is 0 Å². The average molecular weight is 459 g/mol. The van der Waals surface area contributed by atoms with Gasteiger partial charge in [-0.15, -0.1) is 0 Å². The van der Waals surface area contributed by atoms with Crippen molar-refractivity contribution in [3.63, 3.8) is 0 Å². The van der Waals surface area contributed by atoms with Gasteiger partial charge in [0.05, 0.1) is 26.9 Å². The summed E-state index contributed by atoms with van der Waals surface area (Å²) in [6.45, 7) is 1.85. The van der Waals surface area contributed by atoms with E-state index < -0.39 is 25.8 Å². The molecule has 0 aliphatic carbocycles. The normalized spacial score (nSPS) is 11.6. The number of carbonyl (C=O) groups is 1. The number of anilines is 2. The Morgan fingerprint density at radius 1 is 0.742 bits per heavy atom. The molecule has 0 radical (unpaired) electrons. The van der Waals surface area contributed by atoms with Crippen LogP contribution in [0.5, 0.6) is 0 Å². The molecule has 9 heteroatoms. The summed E-state index contributed by atoms with van der Waals surface area (Å²) >= 11 is 0. The smallest absolute Gasteiger partial charge is 0.261 e. The fourth-order valence-electron chi connectivity index (χ4n) is 2.79. The molecule has 3 rings (SSSR count). The van der Waals surface area contributed by atoms with Gasteiger partial charge in [0.1, 0.15) is 0 Å². The molecule has 1 amide bonds. The van der Waals surface area contributed by atoms with E-state index in [4.69, 9.17) is 0 Å². The van der Waals surface area contributed by atoms with E-state index in [2.05, 4.69) is 10.0 Å². The van der Waals surface area contributed by atoms with E-state index in [9.17, 15) is 21.6 Å². The predicted octanol–water partition coefficient (Wildman–Crippen LogP) is 3.60. The van der Waals surface area contributed by atoms with E-state index >= 15 is 0 Å². The minimum Gasteiger partial charge on any atom is -0.324 e. The molecule has 0 aliphatic rings. The molecular weight excluding hydrogens is 436 g/mol. The highest BCUT2D eigenvalue weighted by Gasteiger charge is 2.19. The summed E-state index contributed by atoms with van der Waals surface area (Å²) in [6, 6.07) is 20.6. The number of sulfonamides is 1. The number of amides is 1. The first kappa shape index (κ1) is 22.5. The number of benzene rings is 3. The number of hydrogen-bond donors (Lipinski definition) is 2. The lowest BCUT2D eigenvalue weighted by atomic mass is 10.2. The Hall–Kier alpha value is -3.17. The topological polar surface area (TPSA) is 109 Å². The largest absolute Gasteiger partial charge is 0.324 e. The second-order valence-electron chi connectivity index (χ2n) is 6.89. The van der Waals surface area contributed by atoms with E-state index in [-0.39, 0.29) is 33.3 Å². The van der Waals surface area contributed by atoms with Crippen LogP contribution >= 0.6 is 0 Å². The summed E-state index contributed by atoms with van der Waals surface area (Å²) in [5, 5.41) is 2.59. The number of hydrogen-bond acceptors (Lipinski definition) is 5. The molecule has 0 aliphatic heterocycles. The lowest BCUT2D eigenvalue weighted by Crippen LogP contribution is -2.19. The van der Waals surface area contributed by atoms with Crippen LogP contribution in [-0.2, 0) is 24.7 Å². The second kappa shape index (κ2) is 9.32. The van der Waals surface area contributed by atoms with Crippen LogP contribution in [0.25, 0.3) is 0 Å². The number of nitrogens with one attached hydrogen (secondary N) is 2. The zero-order valence-electron chi connectivity index (χ0n) is 16.8. The molecule has 0 aromatic heterocycles. The van der Waals surface area contributed by atoms with Gasteiger partial charge in [0.15, 0.2) is 9.84 Å². The number of rotatable bonds is 8. The van der Waals surface area contributed by atoms with Crippen LogP contribution in [0, 0.1) is 6.92 Å². The maximum atomic E-state index is 12.6. The van der Waals surface area contributed by atoms with Gasteiger partial charge in [-0.3, -0.25) is 9.52 Å². The first-order valence-corrected chi connectivity index (χ1v) is 12.6. The van der Waals surface area contributed by atoms with Crippen LogP contribution in [0.4, 0.5) is 11.4 Å². The number of para-hydroxylation sites is 2. The fourth-order valence-corrected chi connectivity index (χ4v) is 5.13. The number of sulfone groups is 1. The Balaban J connectivity index is 1.69. The van der Waals surface area contributed by atoms with Crippen molar-refractivity contribution in [3.05, 3.63) is 84.4 Å². The molecule has 0 atom stereocenters. The van der Waals surface area contributed by atoms with Crippen molar-refractivity contribution in [2.45, 2.75) is 23.1 Å². The van der Waals surface area contributed by atoms with E-state index in [1.165, 1.54) is 36.4 Å². The molecule has 162 valence electrons. The minimum absolute atomic E-state index is 0.0836. The van der Waals surface area contributed by atoms with Crippen molar-refractivity contribution in [1.29, 1.82) is 0 Å². The van der Waals surface area contributed by atoms with Gasteiger partial charge in [-0.2, -0.15) is 0 Å². The maximum absolute atomic E-state index is 12.6. The lowest BCUT2D eigenvalue weighted by Gasteiger charge is -2.13. The van der Waals surface area contributed by atoms with E-state index in [1.54, 1.807) is 42.5 Å². The van der Waals surface area contributed by atoms with Gasteiger partial charge in [0.25, 0.3) is 10.0 Å². The van der Waals surface area contributed by atoms with Crippen molar-refractivity contribution in [1.82, 2.24) is 0 Å². The highest BCUT2D eigenvalue weighted by atomic mass is 32.2. The van der Waals surface area contributed by atoms with Gasteiger partial charge in [-0.1, -0.05) is 48.0 Å². The first-order chi connectivity index (χ1) is 14.7. The van der Waals surface area contributed by atoms with Crippen molar-refractivity contribution in [3.8, 4) is 0 Å². The van der Waals surface area contributed by atoms with Crippen molar-refractivity contribution >= 4 is 37.1 Å². The van der Waals surface area contributed by atoms with Gasteiger partial charge < -0.3 is 5.32 Å².